The fourth-order valence-corrected chi connectivity index (χ4v) is 5.01. The van der Waals surface area contributed by atoms with E-state index in [1.807, 2.05) is 18.5 Å². The van der Waals surface area contributed by atoms with Gasteiger partial charge in [0.15, 0.2) is 0 Å². The van der Waals surface area contributed by atoms with Gasteiger partial charge in [-0.2, -0.15) is 0 Å². The molecule has 0 radical (unpaired) electrons. The zero-order chi connectivity index (χ0) is 15.9. The molecule has 0 unspecified atom stereocenters. The number of aromatic nitrogens is 2. The molecule has 2 aromatic heterocycles. The predicted octanol–water partition coefficient (Wildman–Crippen LogP) is 3.77. The fourth-order valence-electron chi connectivity index (χ4n) is 4.06. The number of piperidine rings is 1. The van der Waals surface area contributed by atoms with E-state index in [-0.39, 0.29) is 6.10 Å². The summed E-state index contributed by atoms with van der Waals surface area (Å²) in [6.45, 7) is 3.18. The third-order valence-corrected chi connectivity index (χ3v) is 6.53. The monoisotopic (exact) mass is 341 g/mol. The lowest BCUT2D eigenvalue weighted by Gasteiger charge is -2.33. The van der Waals surface area contributed by atoms with Crippen LogP contribution >= 0.6 is 11.3 Å². The molecular formula is C19H23N3OS. The van der Waals surface area contributed by atoms with Crippen molar-refractivity contribution in [3.8, 4) is 0 Å². The van der Waals surface area contributed by atoms with Crippen LogP contribution in [-0.4, -0.2) is 34.1 Å². The van der Waals surface area contributed by atoms with E-state index >= 15 is 0 Å². The maximum atomic E-state index is 6.42. The van der Waals surface area contributed by atoms with Crippen LogP contribution in [0.1, 0.15) is 54.0 Å². The standard InChI is InChI=1S/C19H23N3OS/c1-2-13(9-20-6-1)10-22-7-5-15-8-17(23-18(15)11-22)19-21-16(12-24-19)14-3-4-14/h1-2,6,9,12,14-15,17-18H,3-5,7-8,10-11H2/t15-,17+,18+/m0/s1. The zero-order valence-corrected chi connectivity index (χ0v) is 14.6. The van der Waals surface area contributed by atoms with E-state index in [2.05, 4.69) is 21.3 Å². The van der Waals surface area contributed by atoms with E-state index in [1.54, 1.807) is 11.3 Å². The molecular weight excluding hydrogens is 318 g/mol. The summed E-state index contributed by atoms with van der Waals surface area (Å²) in [5, 5.41) is 3.47. The molecule has 3 atom stereocenters. The van der Waals surface area contributed by atoms with Gasteiger partial charge in [0.05, 0.1) is 11.8 Å². The van der Waals surface area contributed by atoms with Crippen LogP contribution < -0.4 is 0 Å². The molecule has 24 heavy (non-hydrogen) atoms. The molecule has 3 fully saturated rings. The highest BCUT2D eigenvalue weighted by atomic mass is 32.1. The third kappa shape index (κ3) is 3.01. The Balaban J connectivity index is 1.23. The van der Waals surface area contributed by atoms with Gasteiger partial charge in [0.1, 0.15) is 11.1 Å². The molecule has 4 nitrogen and oxygen atoms in total. The van der Waals surface area contributed by atoms with Gasteiger partial charge in [-0.25, -0.2) is 4.98 Å². The van der Waals surface area contributed by atoms with E-state index in [4.69, 9.17) is 9.72 Å². The van der Waals surface area contributed by atoms with Crippen molar-refractivity contribution >= 4 is 11.3 Å². The van der Waals surface area contributed by atoms with Crippen LogP contribution in [0.4, 0.5) is 0 Å². The molecule has 3 aliphatic rings. The lowest BCUT2D eigenvalue weighted by molar-refractivity contribution is -0.00945. The van der Waals surface area contributed by atoms with Gasteiger partial charge in [0.25, 0.3) is 0 Å². The maximum absolute atomic E-state index is 6.42. The average Bonchev–Trinajstić information content (AvgIpc) is 3.19. The van der Waals surface area contributed by atoms with E-state index in [9.17, 15) is 0 Å². The van der Waals surface area contributed by atoms with Gasteiger partial charge in [-0.05, 0) is 49.8 Å². The zero-order valence-electron chi connectivity index (χ0n) is 13.8. The Labute approximate surface area is 146 Å². The van der Waals surface area contributed by atoms with Gasteiger partial charge in [0.2, 0.25) is 0 Å². The first-order valence-corrected chi connectivity index (χ1v) is 9.95. The Morgan fingerprint density at radius 3 is 3.08 bits per heavy atom. The minimum atomic E-state index is 0.232. The summed E-state index contributed by atoms with van der Waals surface area (Å²) in [4.78, 5) is 11.6. The van der Waals surface area contributed by atoms with Crippen molar-refractivity contribution in [1.29, 1.82) is 0 Å². The normalized spacial score (nSPS) is 30.4. The van der Waals surface area contributed by atoms with Gasteiger partial charge in [-0.1, -0.05) is 6.07 Å². The first-order chi connectivity index (χ1) is 11.8. The number of likely N-dealkylation sites (tertiary alicyclic amines) is 1. The van der Waals surface area contributed by atoms with Crippen molar-refractivity contribution in [2.75, 3.05) is 13.1 Å². The summed E-state index contributed by atoms with van der Waals surface area (Å²) >= 11 is 1.81. The highest BCUT2D eigenvalue weighted by Gasteiger charge is 2.41. The third-order valence-electron chi connectivity index (χ3n) is 5.58. The molecule has 0 spiro atoms. The fraction of sp³-hybridized carbons (Fsp3) is 0.579. The quantitative estimate of drug-likeness (QED) is 0.848. The van der Waals surface area contributed by atoms with Crippen molar-refractivity contribution in [1.82, 2.24) is 14.9 Å². The first-order valence-electron chi connectivity index (χ1n) is 9.07. The number of nitrogens with zero attached hydrogens (tertiary/aromatic N) is 3. The van der Waals surface area contributed by atoms with Crippen molar-refractivity contribution in [3.63, 3.8) is 0 Å². The first kappa shape index (κ1) is 15.0. The average molecular weight is 341 g/mol. The second kappa shape index (κ2) is 6.21. The molecule has 0 bridgehead atoms. The Hall–Kier alpha value is -1.30. The van der Waals surface area contributed by atoms with Crippen LogP contribution in [0.25, 0.3) is 0 Å². The van der Waals surface area contributed by atoms with Gasteiger partial charge < -0.3 is 4.74 Å². The van der Waals surface area contributed by atoms with E-state index in [1.165, 1.54) is 35.5 Å². The van der Waals surface area contributed by atoms with Crippen molar-refractivity contribution < 1.29 is 4.74 Å². The summed E-state index contributed by atoms with van der Waals surface area (Å²) in [7, 11) is 0. The summed E-state index contributed by atoms with van der Waals surface area (Å²) in [6.07, 6.45) is 9.45. The molecule has 2 saturated heterocycles. The van der Waals surface area contributed by atoms with Crippen molar-refractivity contribution in [2.45, 2.75) is 50.4 Å². The topological polar surface area (TPSA) is 38.2 Å². The van der Waals surface area contributed by atoms with Gasteiger partial charge in [0, 0.05) is 36.8 Å². The van der Waals surface area contributed by atoms with Crippen LogP contribution in [0.3, 0.4) is 0 Å². The Bertz CT molecular complexity index is 700. The van der Waals surface area contributed by atoms with Crippen LogP contribution in [0.5, 0.6) is 0 Å². The van der Waals surface area contributed by atoms with Crippen molar-refractivity contribution in [2.24, 2.45) is 5.92 Å². The number of thiazole rings is 1. The van der Waals surface area contributed by atoms with Gasteiger partial charge in [-0.3, -0.25) is 9.88 Å². The Morgan fingerprint density at radius 2 is 2.25 bits per heavy atom. The SMILES string of the molecule is c1cncc(CN2CC[C@H]3C[C@H](c4nc(C5CC5)cs4)O[C@@H]3C2)c1. The Kier molecular flexibility index (Phi) is 3.88. The Morgan fingerprint density at radius 1 is 1.29 bits per heavy atom. The molecule has 2 aromatic rings. The highest BCUT2D eigenvalue weighted by molar-refractivity contribution is 7.09. The second-order valence-electron chi connectivity index (χ2n) is 7.43. The van der Waals surface area contributed by atoms with E-state index < -0.39 is 0 Å². The number of hydrogen-bond donors (Lipinski definition) is 0. The molecule has 1 aliphatic carbocycles. The van der Waals surface area contributed by atoms with E-state index in [0.717, 1.165) is 32.0 Å². The molecule has 4 heterocycles. The molecule has 2 aliphatic heterocycles. The molecule has 126 valence electrons. The van der Waals surface area contributed by atoms with Crippen molar-refractivity contribution in [3.05, 3.63) is 46.2 Å². The molecule has 1 saturated carbocycles. The van der Waals surface area contributed by atoms with Gasteiger partial charge in [-0.15, -0.1) is 11.3 Å². The minimum absolute atomic E-state index is 0.232. The molecule has 5 rings (SSSR count). The number of rotatable bonds is 4. The number of fused-ring (bicyclic) bond motifs is 1. The van der Waals surface area contributed by atoms with E-state index in [0.29, 0.717) is 12.0 Å². The predicted molar refractivity (Wildman–Crippen MR) is 93.9 cm³/mol. The van der Waals surface area contributed by atoms with Crippen LogP contribution in [-0.2, 0) is 11.3 Å². The highest BCUT2D eigenvalue weighted by Crippen LogP contribution is 2.45. The lowest BCUT2D eigenvalue weighted by Crippen LogP contribution is -2.41. The molecule has 0 aromatic carbocycles. The molecule has 0 amide bonds. The maximum Gasteiger partial charge on any atom is 0.122 e. The van der Waals surface area contributed by atoms with Crippen LogP contribution in [0.15, 0.2) is 29.9 Å². The summed E-state index contributed by atoms with van der Waals surface area (Å²) in [5.41, 5.74) is 2.60. The summed E-state index contributed by atoms with van der Waals surface area (Å²) in [5.74, 6) is 1.45. The largest absolute Gasteiger partial charge is 0.366 e. The smallest absolute Gasteiger partial charge is 0.122 e. The molecule has 5 heteroatoms. The molecule has 0 N–H and O–H groups in total. The minimum Gasteiger partial charge on any atom is -0.366 e. The number of hydrogen-bond acceptors (Lipinski definition) is 5. The second-order valence-corrected chi connectivity index (χ2v) is 8.32. The number of pyridine rings is 1. The summed E-state index contributed by atoms with van der Waals surface area (Å²) < 4.78 is 6.42. The van der Waals surface area contributed by atoms with Crippen LogP contribution in [0, 0.1) is 5.92 Å². The summed E-state index contributed by atoms with van der Waals surface area (Å²) in [6, 6.07) is 4.18. The van der Waals surface area contributed by atoms with Gasteiger partial charge >= 0.3 is 0 Å². The number of ether oxygens (including phenoxy) is 1. The van der Waals surface area contributed by atoms with Crippen LogP contribution in [0.2, 0.25) is 0 Å². The lowest BCUT2D eigenvalue weighted by atomic mass is 9.91.